The number of aryl methyl sites for hydroxylation is 1. The summed E-state index contributed by atoms with van der Waals surface area (Å²) < 4.78 is 5.47. The van der Waals surface area contributed by atoms with Crippen LogP contribution in [0.2, 0.25) is 0 Å². The highest BCUT2D eigenvalue weighted by Crippen LogP contribution is 2.12. The molecule has 2 heterocycles. The number of nitrogens with one attached hydrogen (secondary N) is 1. The Kier molecular flexibility index (Phi) is 5.20. The van der Waals surface area contributed by atoms with Gasteiger partial charge in [0.25, 0.3) is 0 Å². The molecular formula is C15H25N3O2. The van der Waals surface area contributed by atoms with Crippen molar-refractivity contribution in [1.82, 2.24) is 15.1 Å². The van der Waals surface area contributed by atoms with Crippen LogP contribution in [0.5, 0.6) is 0 Å². The van der Waals surface area contributed by atoms with Gasteiger partial charge >= 0.3 is 0 Å². The van der Waals surface area contributed by atoms with Gasteiger partial charge in [-0.2, -0.15) is 0 Å². The molecule has 5 heteroatoms. The van der Waals surface area contributed by atoms with Gasteiger partial charge in [-0.25, -0.2) is 0 Å². The third-order valence-corrected chi connectivity index (χ3v) is 3.83. The average molecular weight is 279 g/mol. The molecule has 1 N–H and O–H groups in total. The maximum atomic E-state index is 11.9. The first-order valence-corrected chi connectivity index (χ1v) is 7.25. The number of rotatable bonds is 6. The molecular weight excluding hydrogens is 254 g/mol. The second-order valence-corrected chi connectivity index (χ2v) is 5.75. The lowest BCUT2D eigenvalue weighted by molar-refractivity contribution is -0.122. The van der Waals surface area contributed by atoms with Crippen molar-refractivity contribution in [1.29, 1.82) is 0 Å². The monoisotopic (exact) mass is 279 g/mol. The van der Waals surface area contributed by atoms with Gasteiger partial charge in [0, 0.05) is 32.1 Å². The quantitative estimate of drug-likeness (QED) is 0.840. The number of nitrogens with zero attached hydrogens (tertiary/aromatic N) is 2. The number of hydrogen-bond acceptors (Lipinski definition) is 4. The van der Waals surface area contributed by atoms with Crippen molar-refractivity contribution in [2.75, 3.05) is 40.3 Å². The highest BCUT2D eigenvalue weighted by molar-refractivity contribution is 5.78. The Morgan fingerprint density at radius 1 is 1.50 bits per heavy atom. The largest absolute Gasteiger partial charge is 0.466 e. The third-order valence-electron chi connectivity index (χ3n) is 3.83. The first-order valence-electron chi connectivity index (χ1n) is 7.25. The van der Waals surface area contributed by atoms with Crippen LogP contribution in [0.1, 0.15) is 17.9 Å². The SMILES string of the molecule is Cc1ccc(CCNC(=O)CN2CC[C@H](N(C)C)C2)o1. The van der Waals surface area contributed by atoms with Gasteiger partial charge < -0.3 is 14.6 Å². The number of furan rings is 1. The first kappa shape index (κ1) is 15.1. The van der Waals surface area contributed by atoms with Gasteiger partial charge in [0.1, 0.15) is 11.5 Å². The Hall–Kier alpha value is -1.33. The summed E-state index contributed by atoms with van der Waals surface area (Å²) in [7, 11) is 4.19. The van der Waals surface area contributed by atoms with Crippen molar-refractivity contribution in [3.8, 4) is 0 Å². The van der Waals surface area contributed by atoms with Crippen LogP contribution >= 0.6 is 0 Å². The van der Waals surface area contributed by atoms with Gasteiger partial charge in [-0.3, -0.25) is 9.69 Å². The molecule has 1 atom stereocenters. The van der Waals surface area contributed by atoms with Crippen LogP contribution in [0.3, 0.4) is 0 Å². The van der Waals surface area contributed by atoms with Gasteiger partial charge in [-0.05, 0) is 39.6 Å². The Bertz CT molecular complexity index is 442. The smallest absolute Gasteiger partial charge is 0.234 e. The maximum Gasteiger partial charge on any atom is 0.234 e. The normalized spacial score (nSPS) is 19.7. The summed E-state index contributed by atoms with van der Waals surface area (Å²) in [4.78, 5) is 16.3. The minimum atomic E-state index is 0.104. The fourth-order valence-electron chi connectivity index (χ4n) is 2.58. The Morgan fingerprint density at radius 3 is 2.90 bits per heavy atom. The molecule has 0 radical (unpaired) electrons. The third kappa shape index (κ3) is 4.35. The average Bonchev–Trinajstić information content (AvgIpc) is 2.99. The van der Waals surface area contributed by atoms with Crippen LogP contribution < -0.4 is 5.32 Å². The van der Waals surface area contributed by atoms with E-state index in [2.05, 4.69) is 29.2 Å². The summed E-state index contributed by atoms with van der Waals surface area (Å²) in [5.74, 6) is 1.95. The lowest BCUT2D eigenvalue weighted by atomic mass is 10.2. The maximum absolute atomic E-state index is 11.9. The predicted octanol–water partition coefficient (Wildman–Crippen LogP) is 0.883. The zero-order chi connectivity index (χ0) is 14.5. The number of carbonyl (C=O) groups is 1. The van der Waals surface area contributed by atoms with E-state index < -0.39 is 0 Å². The van der Waals surface area contributed by atoms with Crippen molar-refractivity contribution < 1.29 is 9.21 Å². The summed E-state index contributed by atoms with van der Waals surface area (Å²) >= 11 is 0. The first-order chi connectivity index (χ1) is 9.54. The molecule has 0 bridgehead atoms. The predicted molar refractivity (Wildman–Crippen MR) is 78.7 cm³/mol. The van der Waals surface area contributed by atoms with E-state index in [0.29, 0.717) is 19.1 Å². The molecule has 0 aliphatic carbocycles. The molecule has 2 rings (SSSR count). The lowest BCUT2D eigenvalue weighted by Crippen LogP contribution is -2.38. The van der Waals surface area contributed by atoms with E-state index in [-0.39, 0.29) is 5.91 Å². The molecule has 0 unspecified atom stereocenters. The fraction of sp³-hybridized carbons (Fsp3) is 0.667. The molecule has 1 aliphatic heterocycles. The van der Waals surface area contributed by atoms with E-state index in [4.69, 9.17) is 4.42 Å². The van der Waals surface area contributed by atoms with Crippen molar-refractivity contribution in [3.63, 3.8) is 0 Å². The minimum absolute atomic E-state index is 0.104. The fourth-order valence-corrected chi connectivity index (χ4v) is 2.58. The number of likely N-dealkylation sites (N-methyl/N-ethyl adjacent to an activating group) is 1. The summed E-state index contributed by atoms with van der Waals surface area (Å²) in [6.07, 6.45) is 1.89. The van der Waals surface area contributed by atoms with E-state index in [9.17, 15) is 4.79 Å². The summed E-state index contributed by atoms with van der Waals surface area (Å²) in [5, 5.41) is 2.96. The second-order valence-electron chi connectivity index (χ2n) is 5.75. The van der Waals surface area contributed by atoms with Gasteiger partial charge in [-0.15, -0.1) is 0 Å². The zero-order valence-electron chi connectivity index (χ0n) is 12.7. The van der Waals surface area contributed by atoms with E-state index in [1.165, 1.54) is 0 Å². The molecule has 1 aromatic heterocycles. The van der Waals surface area contributed by atoms with E-state index in [1.54, 1.807) is 0 Å². The van der Waals surface area contributed by atoms with Crippen LogP contribution in [0.25, 0.3) is 0 Å². The van der Waals surface area contributed by atoms with Crippen LogP contribution in [0.15, 0.2) is 16.5 Å². The number of likely N-dealkylation sites (tertiary alicyclic amines) is 1. The van der Waals surface area contributed by atoms with Crippen LogP contribution in [0.4, 0.5) is 0 Å². The van der Waals surface area contributed by atoms with Crippen LogP contribution in [-0.2, 0) is 11.2 Å². The second kappa shape index (κ2) is 6.90. The van der Waals surface area contributed by atoms with Crippen molar-refractivity contribution in [2.45, 2.75) is 25.8 Å². The van der Waals surface area contributed by atoms with E-state index in [1.807, 2.05) is 19.1 Å². The van der Waals surface area contributed by atoms with E-state index in [0.717, 1.165) is 37.5 Å². The van der Waals surface area contributed by atoms with Crippen molar-refractivity contribution in [2.24, 2.45) is 0 Å². The molecule has 1 aromatic rings. The highest BCUT2D eigenvalue weighted by Gasteiger charge is 2.24. The number of amides is 1. The number of hydrogen-bond donors (Lipinski definition) is 1. The van der Waals surface area contributed by atoms with E-state index >= 15 is 0 Å². The van der Waals surface area contributed by atoms with Crippen LogP contribution in [-0.4, -0.2) is 62.0 Å². The Labute approximate surface area is 120 Å². The topological polar surface area (TPSA) is 48.7 Å². The van der Waals surface area contributed by atoms with Gasteiger partial charge in [0.15, 0.2) is 0 Å². The molecule has 0 saturated carbocycles. The molecule has 5 nitrogen and oxygen atoms in total. The Balaban J connectivity index is 1.63. The van der Waals surface area contributed by atoms with Crippen molar-refractivity contribution >= 4 is 5.91 Å². The minimum Gasteiger partial charge on any atom is -0.466 e. The summed E-state index contributed by atoms with van der Waals surface area (Å²) in [5.41, 5.74) is 0. The molecule has 0 spiro atoms. The summed E-state index contributed by atoms with van der Waals surface area (Å²) in [6, 6.07) is 4.49. The molecule has 1 fully saturated rings. The highest BCUT2D eigenvalue weighted by atomic mass is 16.3. The van der Waals surface area contributed by atoms with Gasteiger partial charge in [0.2, 0.25) is 5.91 Å². The standard InChI is InChI=1S/C15H25N3O2/c1-12-4-5-14(20-12)6-8-16-15(19)11-18-9-7-13(10-18)17(2)3/h4-5,13H,6-11H2,1-3H3,(H,16,19)/t13-/m0/s1. The van der Waals surface area contributed by atoms with Crippen molar-refractivity contribution in [3.05, 3.63) is 23.7 Å². The molecule has 1 amide bonds. The zero-order valence-corrected chi connectivity index (χ0v) is 12.7. The molecule has 1 saturated heterocycles. The lowest BCUT2D eigenvalue weighted by Gasteiger charge is -2.20. The number of carbonyl (C=O) groups excluding carboxylic acids is 1. The molecule has 20 heavy (non-hydrogen) atoms. The molecule has 0 aromatic carbocycles. The molecule has 112 valence electrons. The van der Waals surface area contributed by atoms with Crippen LogP contribution in [0, 0.1) is 6.92 Å². The Morgan fingerprint density at radius 2 is 2.30 bits per heavy atom. The molecule has 1 aliphatic rings. The van der Waals surface area contributed by atoms with Gasteiger partial charge in [0.05, 0.1) is 6.54 Å². The summed E-state index contributed by atoms with van der Waals surface area (Å²) in [6.45, 7) is 5.06. The van der Waals surface area contributed by atoms with Gasteiger partial charge in [-0.1, -0.05) is 0 Å².